The first-order chi connectivity index (χ1) is 13.0. The molecule has 1 amide bonds. The van der Waals surface area contributed by atoms with Gasteiger partial charge in [0, 0.05) is 12.6 Å². The number of thioether (sulfide) groups is 1. The zero-order valence-electron chi connectivity index (χ0n) is 14.8. The summed E-state index contributed by atoms with van der Waals surface area (Å²) in [7, 11) is 0. The van der Waals surface area contributed by atoms with Crippen LogP contribution in [-0.4, -0.2) is 26.4 Å². The number of hydrogen-bond acceptors (Lipinski definition) is 5. The summed E-state index contributed by atoms with van der Waals surface area (Å²) in [5, 5.41) is 11.4. The van der Waals surface area contributed by atoms with E-state index in [9.17, 15) is 13.6 Å². The van der Waals surface area contributed by atoms with Gasteiger partial charge < -0.3 is 14.3 Å². The summed E-state index contributed by atoms with van der Waals surface area (Å²) < 4.78 is 33.8. The standard InChI is InChI=1S/C18H18F2N4O2S/c1-3-7-24-17(13-6-8-26-11(13)2)22-23-18(24)27-10-16(25)21-15-5-4-12(19)9-14(15)20/h4-6,8-9H,3,7,10H2,1-2H3,(H,21,25). The van der Waals surface area contributed by atoms with Crippen molar-refractivity contribution in [2.24, 2.45) is 0 Å². The minimum absolute atomic E-state index is 0.0169. The summed E-state index contributed by atoms with van der Waals surface area (Å²) >= 11 is 1.20. The highest BCUT2D eigenvalue weighted by molar-refractivity contribution is 7.99. The van der Waals surface area contributed by atoms with Crippen LogP contribution in [0.15, 0.2) is 40.1 Å². The van der Waals surface area contributed by atoms with Gasteiger partial charge in [-0.2, -0.15) is 0 Å². The van der Waals surface area contributed by atoms with Crippen LogP contribution >= 0.6 is 11.8 Å². The third-order valence-electron chi connectivity index (χ3n) is 3.80. The number of anilines is 1. The molecule has 142 valence electrons. The zero-order valence-corrected chi connectivity index (χ0v) is 15.6. The number of rotatable bonds is 7. The van der Waals surface area contributed by atoms with Crippen molar-refractivity contribution < 1.29 is 18.0 Å². The van der Waals surface area contributed by atoms with E-state index in [1.54, 1.807) is 6.26 Å². The monoisotopic (exact) mass is 392 g/mol. The van der Waals surface area contributed by atoms with Gasteiger partial charge in [-0.15, -0.1) is 10.2 Å². The summed E-state index contributed by atoms with van der Waals surface area (Å²) in [5.41, 5.74) is 0.785. The van der Waals surface area contributed by atoms with Gasteiger partial charge >= 0.3 is 0 Å². The maximum Gasteiger partial charge on any atom is 0.234 e. The minimum atomic E-state index is -0.819. The van der Waals surface area contributed by atoms with Crippen LogP contribution in [0.4, 0.5) is 14.5 Å². The number of carbonyl (C=O) groups is 1. The van der Waals surface area contributed by atoms with Gasteiger partial charge in [0.05, 0.1) is 23.3 Å². The van der Waals surface area contributed by atoms with Crippen molar-refractivity contribution in [1.82, 2.24) is 14.8 Å². The van der Waals surface area contributed by atoms with Gasteiger partial charge in [-0.25, -0.2) is 8.78 Å². The van der Waals surface area contributed by atoms with E-state index in [0.717, 1.165) is 29.9 Å². The van der Waals surface area contributed by atoms with Crippen molar-refractivity contribution in [1.29, 1.82) is 0 Å². The minimum Gasteiger partial charge on any atom is -0.469 e. The van der Waals surface area contributed by atoms with Crippen molar-refractivity contribution in [3.63, 3.8) is 0 Å². The Balaban J connectivity index is 1.71. The number of aromatic nitrogens is 3. The van der Waals surface area contributed by atoms with Gasteiger partial charge in [0.25, 0.3) is 0 Å². The third kappa shape index (κ3) is 4.36. The van der Waals surface area contributed by atoms with E-state index in [0.29, 0.717) is 17.5 Å². The second kappa shape index (κ2) is 8.34. The van der Waals surface area contributed by atoms with Gasteiger partial charge in [-0.1, -0.05) is 18.7 Å². The first-order valence-corrected chi connectivity index (χ1v) is 9.33. The average Bonchev–Trinajstić information content (AvgIpc) is 3.22. The molecular weight excluding hydrogens is 374 g/mol. The Morgan fingerprint density at radius 1 is 1.30 bits per heavy atom. The third-order valence-corrected chi connectivity index (χ3v) is 4.77. The van der Waals surface area contributed by atoms with Crippen LogP contribution in [0.3, 0.4) is 0 Å². The molecule has 0 saturated carbocycles. The number of hydrogen-bond donors (Lipinski definition) is 1. The van der Waals surface area contributed by atoms with Crippen LogP contribution < -0.4 is 5.32 Å². The molecule has 3 aromatic rings. The molecular formula is C18H18F2N4O2S. The number of furan rings is 1. The Bertz CT molecular complexity index is 955. The number of aryl methyl sites for hydroxylation is 1. The average molecular weight is 392 g/mol. The zero-order chi connectivity index (χ0) is 19.4. The molecule has 0 radical (unpaired) electrons. The molecule has 2 heterocycles. The van der Waals surface area contributed by atoms with E-state index in [1.807, 2.05) is 24.5 Å². The molecule has 0 aliphatic carbocycles. The van der Waals surface area contributed by atoms with Crippen molar-refractivity contribution in [3.05, 3.63) is 47.9 Å². The predicted octanol–water partition coefficient (Wildman–Crippen LogP) is 4.27. The topological polar surface area (TPSA) is 73.0 Å². The molecule has 0 atom stereocenters. The fraction of sp³-hybridized carbons (Fsp3) is 0.278. The Hall–Kier alpha value is -2.68. The molecule has 0 unspecified atom stereocenters. The van der Waals surface area contributed by atoms with Gasteiger partial charge in [0.15, 0.2) is 11.0 Å². The molecule has 0 aliphatic rings. The number of nitrogens with zero attached hydrogens (tertiary/aromatic N) is 3. The van der Waals surface area contributed by atoms with E-state index in [1.165, 1.54) is 17.8 Å². The fourth-order valence-electron chi connectivity index (χ4n) is 2.54. The van der Waals surface area contributed by atoms with Gasteiger partial charge in [-0.3, -0.25) is 4.79 Å². The number of nitrogens with one attached hydrogen (secondary N) is 1. The lowest BCUT2D eigenvalue weighted by atomic mass is 10.2. The lowest BCUT2D eigenvalue weighted by Crippen LogP contribution is -2.15. The second-order valence-corrected chi connectivity index (χ2v) is 6.75. The van der Waals surface area contributed by atoms with Gasteiger partial charge in [0.1, 0.15) is 17.4 Å². The summed E-state index contributed by atoms with van der Waals surface area (Å²) in [6.07, 6.45) is 2.45. The molecule has 9 heteroatoms. The van der Waals surface area contributed by atoms with Crippen LogP contribution in [0.5, 0.6) is 0 Å². The molecule has 27 heavy (non-hydrogen) atoms. The Morgan fingerprint density at radius 3 is 2.78 bits per heavy atom. The Morgan fingerprint density at radius 2 is 2.11 bits per heavy atom. The summed E-state index contributed by atoms with van der Waals surface area (Å²) in [4.78, 5) is 12.1. The molecule has 1 aromatic carbocycles. The van der Waals surface area contributed by atoms with Crippen LogP contribution in [0, 0.1) is 18.6 Å². The molecule has 3 rings (SSSR count). The van der Waals surface area contributed by atoms with E-state index < -0.39 is 17.5 Å². The Kier molecular flexibility index (Phi) is 5.90. The lowest BCUT2D eigenvalue weighted by Gasteiger charge is -2.09. The molecule has 0 saturated heterocycles. The highest BCUT2D eigenvalue weighted by Gasteiger charge is 2.18. The number of halogens is 2. The van der Waals surface area contributed by atoms with Gasteiger partial charge in [0.2, 0.25) is 5.91 Å². The van der Waals surface area contributed by atoms with Crippen molar-refractivity contribution in [2.75, 3.05) is 11.1 Å². The highest BCUT2D eigenvalue weighted by Crippen LogP contribution is 2.27. The number of benzene rings is 1. The van der Waals surface area contributed by atoms with Crippen LogP contribution in [0.25, 0.3) is 11.4 Å². The quantitative estimate of drug-likeness (QED) is 0.608. The van der Waals surface area contributed by atoms with Crippen LogP contribution in [0.1, 0.15) is 19.1 Å². The SMILES string of the molecule is CCCn1c(SCC(=O)Nc2ccc(F)cc2F)nnc1-c1ccoc1C. The summed E-state index contributed by atoms with van der Waals surface area (Å²) in [6, 6.07) is 4.82. The lowest BCUT2D eigenvalue weighted by molar-refractivity contribution is -0.113. The molecule has 0 bridgehead atoms. The Labute approximate surface area is 159 Å². The van der Waals surface area contributed by atoms with Gasteiger partial charge in [-0.05, 0) is 31.5 Å². The van der Waals surface area contributed by atoms with Crippen molar-refractivity contribution >= 4 is 23.4 Å². The largest absolute Gasteiger partial charge is 0.469 e. The summed E-state index contributed by atoms with van der Waals surface area (Å²) in [5.74, 6) is -0.507. The molecule has 0 aliphatic heterocycles. The van der Waals surface area contributed by atoms with E-state index >= 15 is 0 Å². The van der Waals surface area contributed by atoms with E-state index in [2.05, 4.69) is 15.5 Å². The second-order valence-electron chi connectivity index (χ2n) is 5.81. The number of carbonyl (C=O) groups excluding carboxylic acids is 1. The smallest absolute Gasteiger partial charge is 0.234 e. The van der Waals surface area contributed by atoms with Crippen LogP contribution in [0.2, 0.25) is 0 Å². The van der Waals surface area contributed by atoms with Crippen molar-refractivity contribution in [3.8, 4) is 11.4 Å². The van der Waals surface area contributed by atoms with Crippen molar-refractivity contribution in [2.45, 2.75) is 32.0 Å². The first kappa shape index (κ1) is 19.1. The maximum absolute atomic E-state index is 13.6. The highest BCUT2D eigenvalue weighted by atomic mass is 32.2. The number of amides is 1. The van der Waals surface area contributed by atoms with E-state index in [-0.39, 0.29) is 11.4 Å². The maximum atomic E-state index is 13.6. The first-order valence-electron chi connectivity index (χ1n) is 8.35. The molecule has 0 spiro atoms. The predicted molar refractivity (Wildman–Crippen MR) is 98.5 cm³/mol. The molecule has 0 fully saturated rings. The molecule has 2 aromatic heterocycles. The summed E-state index contributed by atoms with van der Waals surface area (Å²) in [6.45, 7) is 4.56. The van der Waals surface area contributed by atoms with Crippen LogP contribution in [-0.2, 0) is 11.3 Å². The fourth-order valence-corrected chi connectivity index (χ4v) is 3.31. The molecule has 1 N–H and O–H groups in total. The normalized spacial score (nSPS) is 11.0. The molecule has 6 nitrogen and oxygen atoms in total. The van der Waals surface area contributed by atoms with E-state index in [4.69, 9.17) is 4.42 Å².